The van der Waals surface area contributed by atoms with Crippen LogP contribution in [0.3, 0.4) is 0 Å². The first-order valence-corrected chi connectivity index (χ1v) is 9.17. The summed E-state index contributed by atoms with van der Waals surface area (Å²) in [5, 5.41) is 0. The van der Waals surface area contributed by atoms with Crippen molar-refractivity contribution in [2.24, 2.45) is 0 Å². The van der Waals surface area contributed by atoms with Gasteiger partial charge in [0.1, 0.15) is 5.82 Å². The molecule has 0 saturated heterocycles. The van der Waals surface area contributed by atoms with Gasteiger partial charge in [-0.1, -0.05) is 0 Å². The van der Waals surface area contributed by atoms with Crippen LogP contribution in [0.1, 0.15) is 35.3 Å². The Balaban J connectivity index is 2.00. The Morgan fingerprint density at radius 2 is 2.19 bits per heavy atom. The first kappa shape index (κ1) is 18.2. The van der Waals surface area contributed by atoms with E-state index in [1.54, 1.807) is 16.8 Å². The van der Waals surface area contributed by atoms with Crippen LogP contribution in [0.15, 0.2) is 29.3 Å². The molecule has 5 nitrogen and oxygen atoms in total. The summed E-state index contributed by atoms with van der Waals surface area (Å²) in [4.78, 5) is 27.8. The van der Waals surface area contributed by atoms with E-state index in [1.807, 2.05) is 0 Å². The highest BCUT2D eigenvalue weighted by Crippen LogP contribution is 2.35. The molecule has 0 aliphatic heterocycles. The van der Waals surface area contributed by atoms with Crippen LogP contribution in [0, 0.1) is 12.4 Å². The van der Waals surface area contributed by atoms with Crippen LogP contribution in [-0.2, 0) is 16.0 Å². The Hall–Kier alpha value is -2.59. The van der Waals surface area contributed by atoms with Crippen molar-refractivity contribution in [3.63, 3.8) is 0 Å². The van der Waals surface area contributed by atoms with Gasteiger partial charge in [-0.25, -0.2) is 9.24 Å². The maximum absolute atomic E-state index is 13.9. The SMILES string of the molecule is [C-]#[N+]c1cc(F)cc(-n2cc(SCCC(=O)OC)c3c2CCCC3=O)c1. The van der Waals surface area contributed by atoms with Gasteiger partial charge in [-0.15, -0.1) is 11.8 Å². The van der Waals surface area contributed by atoms with Crippen LogP contribution < -0.4 is 0 Å². The van der Waals surface area contributed by atoms with E-state index >= 15 is 0 Å². The number of hydrogen-bond acceptors (Lipinski definition) is 4. The van der Waals surface area contributed by atoms with Crippen molar-refractivity contribution in [2.75, 3.05) is 12.9 Å². The number of carbonyl (C=O) groups is 2. The Morgan fingerprint density at radius 3 is 2.92 bits per heavy atom. The third kappa shape index (κ3) is 3.65. The number of nitrogens with zero attached hydrogens (tertiary/aromatic N) is 2. The van der Waals surface area contributed by atoms with Crippen molar-refractivity contribution in [1.82, 2.24) is 4.57 Å². The number of halogens is 1. The predicted molar refractivity (Wildman–Crippen MR) is 96.6 cm³/mol. The summed E-state index contributed by atoms with van der Waals surface area (Å²) in [5.41, 5.74) is 2.23. The van der Waals surface area contributed by atoms with Gasteiger partial charge in [0.15, 0.2) is 11.5 Å². The van der Waals surface area contributed by atoms with Crippen LogP contribution in [0.5, 0.6) is 0 Å². The Kier molecular flexibility index (Phi) is 5.43. The minimum Gasteiger partial charge on any atom is -0.469 e. The van der Waals surface area contributed by atoms with Gasteiger partial charge in [0, 0.05) is 34.6 Å². The average molecular weight is 372 g/mol. The number of rotatable bonds is 5. The molecule has 0 atom stereocenters. The van der Waals surface area contributed by atoms with E-state index in [0.29, 0.717) is 29.8 Å². The van der Waals surface area contributed by atoms with Crippen LogP contribution in [0.2, 0.25) is 0 Å². The summed E-state index contributed by atoms with van der Waals surface area (Å²) in [6.45, 7) is 7.12. The second kappa shape index (κ2) is 7.75. The lowest BCUT2D eigenvalue weighted by molar-refractivity contribution is -0.140. The van der Waals surface area contributed by atoms with Crippen LogP contribution >= 0.6 is 11.8 Å². The van der Waals surface area contributed by atoms with Gasteiger partial charge in [0.05, 0.1) is 25.7 Å². The van der Waals surface area contributed by atoms with E-state index in [9.17, 15) is 14.0 Å². The smallest absolute Gasteiger partial charge is 0.306 e. The van der Waals surface area contributed by atoms with Crippen molar-refractivity contribution < 1.29 is 18.7 Å². The molecule has 0 amide bonds. The second-order valence-corrected chi connectivity index (χ2v) is 7.05. The van der Waals surface area contributed by atoms with Crippen LogP contribution in [-0.4, -0.2) is 29.2 Å². The number of Topliss-reactive ketones (excluding diaryl/α,β-unsaturated/α-hetero) is 1. The zero-order valence-corrected chi connectivity index (χ0v) is 15.1. The highest BCUT2D eigenvalue weighted by Gasteiger charge is 2.26. The normalized spacial score (nSPS) is 13.2. The average Bonchev–Trinajstić information content (AvgIpc) is 3.01. The van der Waals surface area contributed by atoms with Gasteiger partial charge < -0.3 is 9.30 Å². The van der Waals surface area contributed by atoms with E-state index < -0.39 is 5.82 Å². The number of carbonyl (C=O) groups excluding carboxylic acids is 2. The molecule has 1 aromatic carbocycles. The number of esters is 1. The van der Waals surface area contributed by atoms with Crippen LogP contribution in [0.25, 0.3) is 10.5 Å². The largest absolute Gasteiger partial charge is 0.469 e. The third-order valence-electron chi connectivity index (χ3n) is 4.23. The highest BCUT2D eigenvalue weighted by atomic mass is 32.2. The van der Waals surface area contributed by atoms with Gasteiger partial charge in [-0.3, -0.25) is 9.59 Å². The number of benzene rings is 1. The number of methoxy groups -OCH3 is 1. The number of aromatic nitrogens is 1. The fraction of sp³-hybridized carbons (Fsp3) is 0.316. The molecule has 0 unspecified atom stereocenters. The van der Waals surface area contributed by atoms with E-state index in [4.69, 9.17) is 6.57 Å². The summed E-state index contributed by atoms with van der Waals surface area (Å²) in [6, 6.07) is 4.15. The third-order valence-corrected chi connectivity index (χ3v) is 5.26. The summed E-state index contributed by atoms with van der Waals surface area (Å²) in [5.74, 6) is -0.235. The van der Waals surface area contributed by atoms with Crippen molar-refractivity contribution in [1.29, 1.82) is 0 Å². The summed E-state index contributed by atoms with van der Waals surface area (Å²) in [6.07, 6.45) is 3.99. The number of ketones is 1. The van der Waals surface area contributed by atoms with Gasteiger partial charge in [0.2, 0.25) is 0 Å². The number of hydrogen-bond donors (Lipinski definition) is 0. The minimum atomic E-state index is -0.488. The lowest BCUT2D eigenvalue weighted by Crippen LogP contribution is -2.13. The first-order chi connectivity index (χ1) is 12.5. The molecule has 1 aromatic heterocycles. The molecule has 3 rings (SSSR count). The second-order valence-electron chi connectivity index (χ2n) is 5.92. The van der Waals surface area contributed by atoms with Crippen molar-refractivity contribution >= 4 is 29.2 Å². The van der Waals surface area contributed by atoms with Crippen molar-refractivity contribution in [3.8, 4) is 5.69 Å². The molecule has 0 N–H and O–H groups in total. The lowest BCUT2D eigenvalue weighted by Gasteiger charge is -2.15. The zero-order chi connectivity index (χ0) is 18.7. The molecule has 1 aliphatic carbocycles. The highest BCUT2D eigenvalue weighted by molar-refractivity contribution is 7.99. The van der Waals surface area contributed by atoms with Crippen molar-refractivity contribution in [3.05, 3.63) is 52.9 Å². The van der Waals surface area contributed by atoms with E-state index in [0.717, 1.165) is 17.0 Å². The molecule has 7 heteroatoms. The van der Waals surface area contributed by atoms with E-state index in [1.165, 1.54) is 31.0 Å². The molecule has 26 heavy (non-hydrogen) atoms. The molecule has 0 radical (unpaired) electrons. The summed E-state index contributed by atoms with van der Waals surface area (Å²) >= 11 is 1.42. The van der Waals surface area contributed by atoms with E-state index in [2.05, 4.69) is 9.58 Å². The molecular weight excluding hydrogens is 355 g/mol. The summed E-state index contributed by atoms with van der Waals surface area (Å²) in [7, 11) is 1.34. The number of ether oxygens (including phenoxy) is 1. The minimum absolute atomic E-state index is 0.0624. The molecule has 0 bridgehead atoms. The molecule has 1 aliphatic rings. The maximum atomic E-state index is 13.9. The molecule has 0 saturated carbocycles. The molecule has 134 valence electrons. The fourth-order valence-corrected chi connectivity index (χ4v) is 4.10. The number of fused-ring (bicyclic) bond motifs is 1. The molecule has 1 heterocycles. The quantitative estimate of drug-likeness (QED) is 0.445. The lowest BCUT2D eigenvalue weighted by atomic mass is 9.96. The molecule has 2 aromatic rings. The summed E-state index contributed by atoms with van der Waals surface area (Å²) < 4.78 is 20.3. The Bertz CT molecular complexity index is 914. The Labute approximate surface area is 155 Å². The maximum Gasteiger partial charge on any atom is 0.306 e. The number of thioether (sulfide) groups is 1. The van der Waals surface area contributed by atoms with E-state index in [-0.39, 0.29) is 23.9 Å². The first-order valence-electron chi connectivity index (χ1n) is 8.19. The van der Waals surface area contributed by atoms with Gasteiger partial charge in [-0.05, 0) is 31.0 Å². The zero-order valence-electron chi connectivity index (χ0n) is 14.3. The Morgan fingerprint density at radius 1 is 1.38 bits per heavy atom. The monoisotopic (exact) mass is 372 g/mol. The fourth-order valence-electron chi connectivity index (χ4n) is 3.06. The molecule has 0 spiro atoms. The molecule has 0 fully saturated rings. The van der Waals surface area contributed by atoms with Gasteiger partial charge in [-0.2, -0.15) is 0 Å². The molecular formula is C19H17FN2O3S. The predicted octanol–water partition coefficient (Wildman–Crippen LogP) is 4.34. The van der Waals surface area contributed by atoms with Gasteiger partial charge in [0.25, 0.3) is 0 Å². The van der Waals surface area contributed by atoms with Crippen molar-refractivity contribution in [2.45, 2.75) is 30.6 Å². The van der Waals surface area contributed by atoms with Gasteiger partial charge >= 0.3 is 5.97 Å². The standard InChI is InChI=1S/C19H17FN2O3S/c1-21-13-8-12(20)9-14(10-13)22-11-17(26-7-6-18(24)25-2)19-15(22)4-3-5-16(19)23/h8-11H,3-7H2,2H3. The van der Waals surface area contributed by atoms with Crippen LogP contribution in [0.4, 0.5) is 10.1 Å². The topological polar surface area (TPSA) is 52.7 Å².